The Morgan fingerprint density at radius 1 is 1.50 bits per heavy atom. The minimum absolute atomic E-state index is 0.284. The third-order valence-corrected chi connectivity index (χ3v) is 3.56. The molecular weight excluding hydrogens is 231 g/mol. The predicted octanol–water partition coefficient (Wildman–Crippen LogP) is 2.11. The molecule has 1 aliphatic rings. The van der Waals surface area contributed by atoms with Gasteiger partial charge in [0.15, 0.2) is 11.6 Å². The summed E-state index contributed by atoms with van der Waals surface area (Å²) in [6.07, 6.45) is 2.40. The molecule has 1 heterocycles. The largest absolute Gasteiger partial charge is 0.505 e. The van der Waals surface area contributed by atoms with Crippen molar-refractivity contribution in [3.05, 3.63) is 29.6 Å². The molecule has 0 amide bonds. The van der Waals surface area contributed by atoms with Crippen LogP contribution in [0.3, 0.4) is 0 Å². The number of nitrogens with one attached hydrogen (secondary N) is 1. The first kappa shape index (κ1) is 13.3. The number of phenols is 1. The number of phenolic OH excluding ortho intramolecular Hbond substituents is 1. The number of likely N-dealkylation sites (tertiary alicyclic amines) is 1. The second kappa shape index (κ2) is 6.16. The molecule has 3 nitrogen and oxygen atoms in total. The average molecular weight is 252 g/mol. The number of halogens is 1. The number of hydrogen-bond donors (Lipinski definition) is 2. The lowest BCUT2D eigenvalue weighted by Gasteiger charge is -2.32. The van der Waals surface area contributed by atoms with Crippen molar-refractivity contribution in [2.75, 3.05) is 19.6 Å². The van der Waals surface area contributed by atoms with Gasteiger partial charge in [-0.05, 0) is 43.6 Å². The van der Waals surface area contributed by atoms with E-state index in [2.05, 4.69) is 17.1 Å². The number of nitrogens with zero attached hydrogens (tertiary/aromatic N) is 1. The third-order valence-electron chi connectivity index (χ3n) is 3.56. The zero-order valence-corrected chi connectivity index (χ0v) is 10.8. The molecule has 1 unspecified atom stereocenters. The van der Waals surface area contributed by atoms with E-state index in [0.29, 0.717) is 12.6 Å². The highest BCUT2D eigenvalue weighted by Gasteiger charge is 2.17. The van der Waals surface area contributed by atoms with E-state index in [1.165, 1.54) is 31.5 Å². The second-order valence-electron chi connectivity index (χ2n) is 4.90. The molecule has 1 atom stereocenters. The van der Waals surface area contributed by atoms with E-state index < -0.39 is 5.82 Å². The van der Waals surface area contributed by atoms with Crippen LogP contribution in [0.5, 0.6) is 5.75 Å². The van der Waals surface area contributed by atoms with Crippen LogP contribution in [0.2, 0.25) is 0 Å². The van der Waals surface area contributed by atoms with Crippen molar-refractivity contribution < 1.29 is 9.50 Å². The lowest BCUT2D eigenvalue weighted by molar-refractivity contribution is 0.198. The van der Waals surface area contributed by atoms with Crippen LogP contribution in [0.25, 0.3) is 0 Å². The Morgan fingerprint density at radius 2 is 2.33 bits per heavy atom. The van der Waals surface area contributed by atoms with Gasteiger partial charge in [0.25, 0.3) is 0 Å². The quantitative estimate of drug-likeness (QED) is 0.861. The summed E-state index contributed by atoms with van der Waals surface area (Å²) < 4.78 is 13.2. The fourth-order valence-corrected chi connectivity index (χ4v) is 2.43. The van der Waals surface area contributed by atoms with E-state index in [1.807, 2.05) is 0 Å². The molecule has 100 valence electrons. The van der Waals surface area contributed by atoms with Gasteiger partial charge in [-0.3, -0.25) is 0 Å². The minimum Gasteiger partial charge on any atom is -0.505 e. The van der Waals surface area contributed by atoms with Crippen LogP contribution in [-0.4, -0.2) is 35.7 Å². The first-order chi connectivity index (χ1) is 8.69. The molecule has 0 radical (unpaired) electrons. The fraction of sp³-hybridized carbons (Fsp3) is 0.571. The third kappa shape index (κ3) is 3.43. The molecule has 0 spiro atoms. The van der Waals surface area contributed by atoms with Gasteiger partial charge >= 0.3 is 0 Å². The highest BCUT2D eigenvalue weighted by molar-refractivity contribution is 5.27. The average Bonchev–Trinajstić information content (AvgIpc) is 2.40. The second-order valence-corrected chi connectivity index (χ2v) is 4.90. The molecule has 0 saturated carbocycles. The van der Waals surface area contributed by atoms with Crippen molar-refractivity contribution in [3.8, 4) is 5.75 Å². The Bertz CT molecular complexity index is 397. The van der Waals surface area contributed by atoms with Crippen LogP contribution in [0.1, 0.15) is 25.3 Å². The topological polar surface area (TPSA) is 35.5 Å². The molecule has 1 aliphatic heterocycles. The molecule has 0 bridgehead atoms. The lowest BCUT2D eigenvalue weighted by Crippen LogP contribution is -2.45. The van der Waals surface area contributed by atoms with Crippen molar-refractivity contribution in [3.63, 3.8) is 0 Å². The van der Waals surface area contributed by atoms with E-state index >= 15 is 0 Å². The monoisotopic (exact) mass is 252 g/mol. The van der Waals surface area contributed by atoms with Gasteiger partial charge in [0.2, 0.25) is 0 Å². The summed E-state index contributed by atoms with van der Waals surface area (Å²) in [7, 11) is 0. The molecule has 1 aromatic rings. The maximum Gasteiger partial charge on any atom is 0.165 e. The zero-order valence-electron chi connectivity index (χ0n) is 10.8. The molecule has 2 rings (SSSR count). The molecular formula is C14H21FN2O. The van der Waals surface area contributed by atoms with Crippen LogP contribution < -0.4 is 5.32 Å². The molecule has 0 aromatic heterocycles. The molecule has 0 aliphatic carbocycles. The summed E-state index contributed by atoms with van der Waals surface area (Å²) in [5.74, 6) is -0.832. The van der Waals surface area contributed by atoms with E-state index in [9.17, 15) is 4.39 Å². The maximum atomic E-state index is 13.2. The van der Waals surface area contributed by atoms with Crippen molar-refractivity contribution in [1.82, 2.24) is 10.2 Å². The summed E-state index contributed by atoms with van der Waals surface area (Å²) >= 11 is 0. The SMILES string of the molecule is CCN1CCCC(NCc2ccc(O)c(F)c2)C1. The van der Waals surface area contributed by atoms with Gasteiger partial charge in [0.1, 0.15) is 0 Å². The van der Waals surface area contributed by atoms with E-state index in [-0.39, 0.29) is 5.75 Å². The summed E-state index contributed by atoms with van der Waals surface area (Å²) in [5.41, 5.74) is 0.874. The standard InChI is InChI=1S/C14H21FN2O/c1-2-17-7-3-4-12(10-17)16-9-11-5-6-14(18)13(15)8-11/h5-6,8,12,16,18H,2-4,7,9-10H2,1H3. The number of benzene rings is 1. The molecule has 1 saturated heterocycles. The van der Waals surface area contributed by atoms with Gasteiger partial charge in [-0.1, -0.05) is 13.0 Å². The van der Waals surface area contributed by atoms with Crippen LogP contribution in [0.4, 0.5) is 4.39 Å². The predicted molar refractivity (Wildman–Crippen MR) is 70.0 cm³/mol. The minimum atomic E-state index is -0.548. The number of likely N-dealkylation sites (N-methyl/N-ethyl adjacent to an activating group) is 1. The number of piperidine rings is 1. The molecule has 1 fully saturated rings. The van der Waals surface area contributed by atoms with Gasteiger partial charge in [-0.2, -0.15) is 0 Å². The Hall–Kier alpha value is -1.13. The Labute approximate surface area is 108 Å². The maximum absolute atomic E-state index is 13.2. The molecule has 4 heteroatoms. The van der Waals surface area contributed by atoms with Crippen LogP contribution >= 0.6 is 0 Å². The Balaban J connectivity index is 1.85. The summed E-state index contributed by atoms with van der Waals surface area (Å²) in [6, 6.07) is 5.04. The van der Waals surface area contributed by atoms with Crippen LogP contribution in [0, 0.1) is 5.82 Å². The van der Waals surface area contributed by atoms with Gasteiger partial charge in [-0.25, -0.2) is 4.39 Å². The molecule has 2 N–H and O–H groups in total. The summed E-state index contributed by atoms with van der Waals surface area (Å²) in [4.78, 5) is 2.43. The lowest BCUT2D eigenvalue weighted by atomic mass is 10.1. The van der Waals surface area contributed by atoms with Gasteiger partial charge < -0.3 is 15.3 Å². The summed E-state index contributed by atoms with van der Waals surface area (Å²) in [5, 5.41) is 12.6. The van der Waals surface area contributed by atoms with E-state index in [0.717, 1.165) is 18.7 Å². The molecule has 1 aromatic carbocycles. The number of rotatable bonds is 4. The number of hydrogen-bond acceptors (Lipinski definition) is 3. The zero-order chi connectivity index (χ0) is 13.0. The van der Waals surface area contributed by atoms with Crippen molar-refractivity contribution in [1.29, 1.82) is 0 Å². The highest BCUT2D eigenvalue weighted by atomic mass is 19.1. The van der Waals surface area contributed by atoms with E-state index in [1.54, 1.807) is 6.07 Å². The van der Waals surface area contributed by atoms with Crippen molar-refractivity contribution in [2.45, 2.75) is 32.4 Å². The summed E-state index contributed by atoms with van der Waals surface area (Å²) in [6.45, 7) is 6.17. The Morgan fingerprint density at radius 3 is 3.06 bits per heavy atom. The smallest absolute Gasteiger partial charge is 0.165 e. The van der Waals surface area contributed by atoms with Crippen LogP contribution in [-0.2, 0) is 6.54 Å². The van der Waals surface area contributed by atoms with E-state index in [4.69, 9.17) is 5.11 Å². The van der Waals surface area contributed by atoms with Gasteiger partial charge in [0.05, 0.1) is 0 Å². The normalized spacial score (nSPS) is 21.1. The van der Waals surface area contributed by atoms with Gasteiger partial charge in [-0.15, -0.1) is 0 Å². The van der Waals surface area contributed by atoms with Crippen molar-refractivity contribution >= 4 is 0 Å². The fourth-order valence-electron chi connectivity index (χ4n) is 2.43. The highest BCUT2D eigenvalue weighted by Crippen LogP contribution is 2.16. The first-order valence-corrected chi connectivity index (χ1v) is 6.62. The van der Waals surface area contributed by atoms with Crippen LogP contribution in [0.15, 0.2) is 18.2 Å². The first-order valence-electron chi connectivity index (χ1n) is 6.62. The molecule has 18 heavy (non-hydrogen) atoms. The number of aromatic hydroxyl groups is 1. The van der Waals surface area contributed by atoms with Crippen molar-refractivity contribution in [2.24, 2.45) is 0 Å². The van der Waals surface area contributed by atoms with Gasteiger partial charge in [0, 0.05) is 19.1 Å². The Kier molecular flexibility index (Phi) is 4.55.